The predicted molar refractivity (Wildman–Crippen MR) is 37.5 cm³/mol. The minimum atomic E-state index is -0.833. The van der Waals surface area contributed by atoms with Crippen LogP contribution in [0.15, 0.2) is 0 Å². The van der Waals surface area contributed by atoms with Gasteiger partial charge in [0.25, 0.3) is 5.97 Å². The molecule has 0 bridgehead atoms. The number of hydrogen-bond acceptors (Lipinski definition) is 1. The number of carboxylic acid groups (broad SMARTS) is 1. The first-order valence-corrected chi connectivity index (χ1v) is 0.928. The molecule has 1 N–H and O–H groups in total. The van der Waals surface area contributed by atoms with Crippen molar-refractivity contribution in [3.05, 3.63) is 0 Å². The first-order valence-electron chi connectivity index (χ1n) is 0.928. The maximum Gasteiger partial charge on any atom is 0.316 e. The topological polar surface area (TPSA) is 37.3 Å². The molecular weight excluding hydrogens is 160 g/mol. The van der Waals surface area contributed by atoms with E-state index in [1.54, 1.807) is 0 Å². The minimum Gasteiger partial charge on any atom is 0.316 e. The second kappa shape index (κ2) is 16.1. The van der Waals surface area contributed by atoms with Crippen LogP contribution in [0.5, 0.6) is 0 Å². The van der Waals surface area contributed by atoms with Gasteiger partial charge in [0.15, 0.2) is 0 Å². The molecule has 0 unspecified atom stereocenters. The number of carbonyl (C=O) groups is 1. The molecule has 7 heavy (non-hydrogen) atoms. The van der Waals surface area contributed by atoms with Crippen molar-refractivity contribution >= 4 is 118 Å². The van der Waals surface area contributed by atoms with Crippen molar-refractivity contribution < 1.29 is 9.90 Å². The van der Waals surface area contributed by atoms with E-state index in [0.29, 0.717) is 0 Å². The molecule has 34 valence electrons. The number of aliphatic carboxylic acids is 1. The first-order chi connectivity index (χ1) is 1.73. The SMILES string of the molecule is CC(=O)O.[CaH2].[KH].[MgH2]. The average Bonchev–Trinajstić information content (AvgIpc) is 0.811. The Balaban J connectivity index is -0.0000000150. The molecule has 2 nitrogen and oxygen atoms in total. The molecule has 0 atom stereocenters. The molecule has 0 aromatic rings. The van der Waals surface area contributed by atoms with Crippen molar-refractivity contribution in [2.45, 2.75) is 6.92 Å². The maximum atomic E-state index is 9.00. The molecule has 0 aliphatic rings. The van der Waals surface area contributed by atoms with Crippen molar-refractivity contribution in [1.82, 2.24) is 0 Å². The van der Waals surface area contributed by atoms with E-state index in [4.69, 9.17) is 9.90 Å². The second-order valence-corrected chi connectivity index (χ2v) is 0.519. The van der Waals surface area contributed by atoms with Crippen molar-refractivity contribution in [1.29, 1.82) is 0 Å². The van der Waals surface area contributed by atoms with Gasteiger partial charge in [-0.3, -0.25) is 4.79 Å². The first kappa shape index (κ1) is 22.5. The molecule has 0 aliphatic heterocycles. The zero-order chi connectivity index (χ0) is 3.58. The van der Waals surface area contributed by atoms with Crippen LogP contribution in [0.3, 0.4) is 0 Å². The van der Waals surface area contributed by atoms with Gasteiger partial charge in [0.2, 0.25) is 0 Å². The van der Waals surface area contributed by atoms with E-state index >= 15 is 0 Å². The third-order valence-electron chi connectivity index (χ3n) is 0. The van der Waals surface area contributed by atoms with Crippen molar-refractivity contribution in [3.63, 3.8) is 0 Å². The third-order valence-corrected chi connectivity index (χ3v) is 0. The quantitative estimate of drug-likeness (QED) is 0.410. The summed E-state index contributed by atoms with van der Waals surface area (Å²) in [4.78, 5) is 9.00. The minimum absolute atomic E-state index is 0. The van der Waals surface area contributed by atoms with Crippen LogP contribution in [0.4, 0.5) is 0 Å². The molecule has 0 aliphatic carbocycles. The van der Waals surface area contributed by atoms with Gasteiger partial charge < -0.3 is 5.11 Å². The summed E-state index contributed by atoms with van der Waals surface area (Å²) < 4.78 is 0. The van der Waals surface area contributed by atoms with E-state index in [0.717, 1.165) is 6.92 Å². The monoisotopic (exact) mass is 168 g/mol. The summed E-state index contributed by atoms with van der Waals surface area (Å²) in [6.45, 7) is 1.08. The standard InChI is InChI=1S/C2H4O2.Ca.K.Mg.5H/c1-2(3)4;;;;;;;;/h1H3,(H,3,4);;;;;;;;. The average molecular weight is 169 g/mol. The van der Waals surface area contributed by atoms with E-state index in [-0.39, 0.29) is 112 Å². The van der Waals surface area contributed by atoms with E-state index in [1.807, 2.05) is 0 Å². The molecule has 0 heterocycles. The van der Waals surface area contributed by atoms with Gasteiger partial charge in [0.1, 0.15) is 0 Å². The summed E-state index contributed by atoms with van der Waals surface area (Å²) in [5, 5.41) is 7.42. The molecule has 0 saturated carbocycles. The molecule has 0 saturated heterocycles. The number of hydrogen-bond donors (Lipinski definition) is 1. The van der Waals surface area contributed by atoms with Gasteiger partial charge in [0.05, 0.1) is 0 Å². The van der Waals surface area contributed by atoms with Crippen molar-refractivity contribution in [2.75, 3.05) is 0 Å². The van der Waals surface area contributed by atoms with Gasteiger partial charge in [-0.15, -0.1) is 0 Å². The van der Waals surface area contributed by atoms with Crippen LogP contribution in [0.1, 0.15) is 6.92 Å². The maximum absolute atomic E-state index is 9.00. The molecule has 0 rings (SSSR count). The Morgan fingerprint density at radius 3 is 1.57 bits per heavy atom. The summed E-state index contributed by atoms with van der Waals surface area (Å²) in [5.74, 6) is -0.833. The van der Waals surface area contributed by atoms with E-state index < -0.39 is 5.97 Å². The summed E-state index contributed by atoms with van der Waals surface area (Å²) >= 11 is 0. The summed E-state index contributed by atoms with van der Waals surface area (Å²) in [7, 11) is 0. The third kappa shape index (κ3) is 47.3. The van der Waals surface area contributed by atoms with Crippen molar-refractivity contribution in [3.8, 4) is 0 Å². The predicted octanol–water partition coefficient (Wildman–Crippen LogP) is -2.39. The summed E-state index contributed by atoms with van der Waals surface area (Å²) in [6.07, 6.45) is 0. The zero-order valence-corrected chi connectivity index (χ0v) is 2.36. The smallest absolute Gasteiger partial charge is 0.316 e. The zero-order valence-electron chi connectivity index (χ0n) is 2.36. The van der Waals surface area contributed by atoms with Crippen LogP contribution in [-0.2, 0) is 4.79 Å². The summed E-state index contributed by atoms with van der Waals surface area (Å²) in [5.41, 5.74) is 0. The molecule has 0 aromatic heterocycles. The van der Waals surface area contributed by atoms with Gasteiger partial charge in [-0.2, -0.15) is 0 Å². The van der Waals surface area contributed by atoms with Gasteiger partial charge in [-0.25, -0.2) is 0 Å². The van der Waals surface area contributed by atoms with Crippen LogP contribution in [0, 0.1) is 0 Å². The molecular formula is C2H9CaKMgO2. The Bertz CT molecular complexity index is 38.7. The Hall–Kier alpha value is 3.13. The largest absolute Gasteiger partial charge is 0.316 e. The Morgan fingerprint density at radius 2 is 1.57 bits per heavy atom. The fourth-order valence-corrected chi connectivity index (χ4v) is 0. The normalized spacial score (nSPS) is 3.57. The number of rotatable bonds is 0. The number of carboxylic acids is 1. The van der Waals surface area contributed by atoms with Gasteiger partial charge in [-0.1, -0.05) is 0 Å². The molecule has 0 amide bonds. The van der Waals surface area contributed by atoms with E-state index in [9.17, 15) is 0 Å². The molecule has 0 fully saturated rings. The van der Waals surface area contributed by atoms with Crippen LogP contribution < -0.4 is 0 Å². The van der Waals surface area contributed by atoms with Crippen LogP contribution >= 0.6 is 0 Å². The molecule has 0 radical (unpaired) electrons. The summed E-state index contributed by atoms with van der Waals surface area (Å²) in [6, 6.07) is 0. The Labute approximate surface area is 131 Å². The van der Waals surface area contributed by atoms with Crippen molar-refractivity contribution in [2.24, 2.45) is 0 Å². The van der Waals surface area contributed by atoms with E-state index in [2.05, 4.69) is 0 Å². The fraction of sp³-hybridized carbons (Fsp3) is 0.500. The molecule has 0 spiro atoms. The van der Waals surface area contributed by atoms with Gasteiger partial charge in [-0.05, 0) is 0 Å². The Morgan fingerprint density at radius 1 is 1.57 bits per heavy atom. The van der Waals surface area contributed by atoms with Crippen LogP contribution in [-0.4, -0.2) is 123 Å². The van der Waals surface area contributed by atoms with Gasteiger partial charge >= 0.3 is 112 Å². The second-order valence-electron chi connectivity index (χ2n) is 0.519. The molecule has 0 aromatic carbocycles. The van der Waals surface area contributed by atoms with Crippen LogP contribution in [0.2, 0.25) is 0 Å². The molecule has 5 heteroatoms. The van der Waals surface area contributed by atoms with Gasteiger partial charge in [0, 0.05) is 6.92 Å². The van der Waals surface area contributed by atoms with Crippen LogP contribution in [0.25, 0.3) is 0 Å². The Kier molecular flexibility index (Phi) is 51.6. The fourth-order valence-electron chi connectivity index (χ4n) is 0. The van der Waals surface area contributed by atoms with E-state index in [1.165, 1.54) is 0 Å².